The van der Waals surface area contributed by atoms with Gasteiger partial charge in [0.05, 0.1) is 11.7 Å². The van der Waals surface area contributed by atoms with Crippen LogP contribution in [0.5, 0.6) is 0 Å². The highest BCUT2D eigenvalue weighted by molar-refractivity contribution is 5.88. The summed E-state index contributed by atoms with van der Waals surface area (Å²) in [7, 11) is 0. The quantitative estimate of drug-likeness (QED) is 0.509. The zero-order chi connectivity index (χ0) is 17.5. The molecule has 0 aliphatic rings. The van der Waals surface area contributed by atoms with Crippen molar-refractivity contribution in [3.05, 3.63) is 85.1 Å². The highest BCUT2D eigenvalue weighted by atomic mass is 16.2. The minimum atomic E-state index is -0.551. The minimum Gasteiger partial charge on any atom is -0.351 e. The molecule has 0 radical (unpaired) electrons. The van der Waals surface area contributed by atoms with Crippen LogP contribution in [0.4, 0.5) is 10.5 Å². The summed E-state index contributed by atoms with van der Waals surface area (Å²) in [5.74, 6) is 0. The lowest BCUT2D eigenvalue weighted by molar-refractivity contribution is 0.259. The number of benzene rings is 3. The van der Waals surface area contributed by atoms with E-state index < -0.39 is 6.03 Å². The zero-order valence-corrected chi connectivity index (χ0v) is 13.5. The number of nitrogens with two attached hydrogens (primary N) is 1. The summed E-state index contributed by atoms with van der Waals surface area (Å²) in [5.41, 5.74) is 9.02. The molecule has 0 unspecified atom stereocenters. The van der Waals surface area contributed by atoms with Crippen molar-refractivity contribution in [3.8, 4) is 11.1 Å². The maximum Gasteiger partial charge on any atom is 0.316 e. The van der Waals surface area contributed by atoms with E-state index in [4.69, 9.17) is 5.73 Å². The maximum atomic E-state index is 10.7. The van der Waals surface area contributed by atoms with Gasteiger partial charge in [0.2, 0.25) is 0 Å². The van der Waals surface area contributed by atoms with Gasteiger partial charge in [-0.1, -0.05) is 60.7 Å². The normalized spacial score (nSPS) is 9.92. The Hall–Kier alpha value is -3.60. The van der Waals surface area contributed by atoms with E-state index in [9.17, 15) is 4.79 Å². The zero-order valence-electron chi connectivity index (χ0n) is 13.5. The van der Waals surface area contributed by atoms with Crippen LogP contribution >= 0.6 is 0 Å². The lowest BCUT2D eigenvalue weighted by Gasteiger charge is -2.05. The maximum absolute atomic E-state index is 10.7. The van der Waals surface area contributed by atoms with E-state index in [-0.39, 0.29) is 0 Å². The predicted molar refractivity (Wildman–Crippen MR) is 101 cm³/mol. The summed E-state index contributed by atoms with van der Waals surface area (Å²) in [6.45, 7) is 0. The number of anilines is 1. The van der Waals surface area contributed by atoms with Gasteiger partial charge in [-0.15, -0.1) is 0 Å². The fourth-order valence-corrected chi connectivity index (χ4v) is 2.43. The number of amides is 2. The van der Waals surface area contributed by atoms with Gasteiger partial charge in [-0.25, -0.2) is 4.79 Å². The summed E-state index contributed by atoms with van der Waals surface area (Å²) in [6, 6.07) is 25.0. The Morgan fingerprint density at radius 2 is 1.60 bits per heavy atom. The van der Waals surface area contributed by atoms with E-state index in [1.807, 2.05) is 79.0 Å². The van der Waals surface area contributed by atoms with E-state index in [0.29, 0.717) is 5.69 Å². The molecule has 0 bridgehead atoms. The number of hydrogen-bond acceptors (Lipinski definition) is 2. The van der Waals surface area contributed by atoms with E-state index in [0.717, 1.165) is 22.0 Å². The van der Waals surface area contributed by atoms with Crippen molar-refractivity contribution in [2.24, 2.45) is 5.73 Å². The van der Waals surface area contributed by atoms with Crippen LogP contribution in [0.25, 0.3) is 22.0 Å². The number of para-hydroxylation sites is 1. The first kappa shape index (κ1) is 16.3. The summed E-state index contributed by atoms with van der Waals surface area (Å²) in [6.07, 6.45) is 1.81. The van der Waals surface area contributed by atoms with Crippen molar-refractivity contribution in [2.45, 2.75) is 0 Å². The Kier molecular flexibility index (Phi) is 5.07. The number of carbonyl (C=O) groups excluding carboxylic acids is 1. The second-order valence-electron chi connectivity index (χ2n) is 5.39. The van der Waals surface area contributed by atoms with Gasteiger partial charge < -0.3 is 11.1 Å². The molecule has 25 heavy (non-hydrogen) atoms. The van der Waals surface area contributed by atoms with Gasteiger partial charge in [0.15, 0.2) is 0 Å². The molecular formula is C20H18N4O. The number of rotatable bonds is 2. The molecule has 124 valence electrons. The minimum absolute atomic E-state index is 0.551. The Bertz CT molecular complexity index is 933. The van der Waals surface area contributed by atoms with Crippen molar-refractivity contribution < 1.29 is 4.79 Å². The molecule has 0 aliphatic carbocycles. The molecule has 5 heteroatoms. The summed E-state index contributed by atoms with van der Waals surface area (Å²) < 4.78 is 0. The average Bonchev–Trinajstić information content (AvgIpc) is 3.11. The van der Waals surface area contributed by atoms with Gasteiger partial charge in [0, 0.05) is 11.1 Å². The predicted octanol–water partition coefficient (Wildman–Crippen LogP) is 4.41. The number of urea groups is 1. The van der Waals surface area contributed by atoms with Crippen molar-refractivity contribution in [3.63, 3.8) is 0 Å². The Morgan fingerprint density at radius 3 is 2.36 bits per heavy atom. The standard InChI is InChI=1S/C13H12N2O.C7H6N2/c14-13(16)15-12-8-4-7-11(9-12)10-5-2-1-3-6-10;1-2-4-7-6(3-1)5-8-9-7/h1-9H,(H3,14,15,16);1-5H,(H,8,9). The Labute approximate surface area is 145 Å². The van der Waals surface area contributed by atoms with Crippen LogP contribution in [0.2, 0.25) is 0 Å². The molecule has 0 fully saturated rings. The Morgan fingerprint density at radius 1 is 0.880 bits per heavy atom. The number of H-pyrrole nitrogens is 1. The molecule has 3 aromatic carbocycles. The molecule has 4 rings (SSSR count). The van der Waals surface area contributed by atoms with Crippen LogP contribution in [0.3, 0.4) is 0 Å². The number of hydrogen-bond donors (Lipinski definition) is 3. The first-order valence-corrected chi connectivity index (χ1v) is 7.82. The van der Waals surface area contributed by atoms with E-state index >= 15 is 0 Å². The monoisotopic (exact) mass is 330 g/mol. The van der Waals surface area contributed by atoms with Crippen molar-refractivity contribution in [1.29, 1.82) is 0 Å². The fourth-order valence-electron chi connectivity index (χ4n) is 2.43. The highest BCUT2D eigenvalue weighted by Crippen LogP contribution is 2.22. The molecule has 0 atom stereocenters. The third-order valence-electron chi connectivity index (χ3n) is 3.59. The number of nitrogens with zero attached hydrogens (tertiary/aromatic N) is 1. The van der Waals surface area contributed by atoms with Gasteiger partial charge in [-0.05, 0) is 29.3 Å². The van der Waals surface area contributed by atoms with Crippen molar-refractivity contribution in [1.82, 2.24) is 10.2 Å². The Balaban J connectivity index is 0.000000170. The summed E-state index contributed by atoms with van der Waals surface area (Å²) in [4.78, 5) is 10.7. The molecule has 2 amide bonds. The smallest absolute Gasteiger partial charge is 0.316 e. The van der Waals surface area contributed by atoms with Crippen LogP contribution in [-0.2, 0) is 0 Å². The number of fused-ring (bicyclic) bond motifs is 1. The summed E-state index contributed by atoms with van der Waals surface area (Å²) in [5, 5.41) is 10.5. The second kappa shape index (κ2) is 7.79. The van der Waals surface area contributed by atoms with E-state index in [2.05, 4.69) is 15.5 Å². The van der Waals surface area contributed by atoms with Gasteiger partial charge in [0.25, 0.3) is 0 Å². The lowest BCUT2D eigenvalue weighted by Crippen LogP contribution is -2.19. The van der Waals surface area contributed by atoms with Crippen LogP contribution in [0, 0.1) is 0 Å². The van der Waals surface area contributed by atoms with Crippen molar-refractivity contribution >= 4 is 22.6 Å². The van der Waals surface area contributed by atoms with Gasteiger partial charge in [0.1, 0.15) is 0 Å². The third-order valence-corrected chi connectivity index (χ3v) is 3.59. The number of nitrogens with one attached hydrogen (secondary N) is 2. The second-order valence-corrected chi connectivity index (χ2v) is 5.39. The van der Waals surface area contributed by atoms with Crippen LogP contribution < -0.4 is 11.1 Å². The first-order chi connectivity index (χ1) is 12.2. The number of aromatic amines is 1. The fraction of sp³-hybridized carbons (Fsp3) is 0. The first-order valence-electron chi connectivity index (χ1n) is 7.82. The van der Waals surface area contributed by atoms with Crippen LogP contribution in [-0.4, -0.2) is 16.2 Å². The average molecular weight is 330 g/mol. The molecule has 0 aliphatic heterocycles. The molecule has 0 spiro atoms. The van der Waals surface area contributed by atoms with Gasteiger partial charge in [-0.3, -0.25) is 5.10 Å². The van der Waals surface area contributed by atoms with E-state index in [1.54, 1.807) is 6.07 Å². The van der Waals surface area contributed by atoms with Gasteiger partial charge in [-0.2, -0.15) is 5.10 Å². The molecular weight excluding hydrogens is 312 g/mol. The highest BCUT2D eigenvalue weighted by Gasteiger charge is 1.99. The molecule has 0 saturated carbocycles. The van der Waals surface area contributed by atoms with Gasteiger partial charge >= 0.3 is 6.03 Å². The number of primary amides is 1. The largest absolute Gasteiger partial charge is 0.351 e. The molecule has 1 heterocycles. The summed E-state index contributed by atoms with van der Waals surface area (Å²) >= 11 is 0. The number of aromatic nitrogens is 2. The number of carbonyl (C=O) groups is 1. The van der Waals surface area contributed by atoms with Crippen LogP contribution in [0.1, 0.15) is 0 Å². The third kappa shape index (κ3) is 4.45. The van der Waals surface area contributed by atoms with Crippen LogP contribution in [0.15, 0.2) is 85.1 Å². The van der Waals surface area contributed by atoms with Crippen molar-refractivity contribution in [2.75, 3.05) is 5.32 Å². The van der Waals surface area contributed by atoms with E-state index in [1.165, 1.54) is 0 Å². The molecule has 1 aromatic heterocycles. The molecule has 0 saturated heterocycles. The SMILES string of the molecule is NC(=O)Nc1cccc(-c2ccccc2)c1.c1ccc2[nH]ncc2c1. The lowest BCUT2D eigenvalue weighted by atomic mass is 10.1. The molecule has 5 nitrogen and oxygen atoms in total. The molecule has 4 N–H and O–H groups in total. The topological polar surface area (TPSA) is 83.8 Å². The molecule has 4 aromatic rings.